The van der Waals surface area contributed by atoms with Crippen LogP contribution < -0.4 is 5.73 Å². The number of nitro benzene ring substituents is 1. The Kier molecular flexibility index (Phi) is 4.03. The lowest BCUT2D eigenvalue weighted by molar-refractivity contribution is -0.383. The zero-order chi connectivity index (χ0) is 13.0. The highest BCUT2D eigenvalue weighted by Gasteiger charge is 2.21. The number of rotatable bonds is 4. The van der Waals surface area contributed by atoms with Gasteiger partial charge in [0.25, 0.3) is 11.6 Å². The summed E-state index contributed by atoms with van der Waals surface area (Å²) in [4.78, 5) is 23.7. The standard InChI is InChI=1S/C11H15N3O3/c1-3-13(4-2)11(15)8-6-5-7-9(10(8)12)14(16)17/h5-7H,3-4,12H2,1-2H3. The third-order valence-electron chi connectivity index (χ3n) is 2.56. The van der Waals surface area contributed by atoms with E-state index in [9.17, 15) is 14.9 Å². The lowest BCUT2D eigenvalue weighted by atomic mass is 10.1. The molecule has 0 bridgehead atoms. The highest BCUT2D eigenvalue weighted by atomic mass is 16.6. The Morgan fingerprint density at radius 2 is 2.00 bits per heavy atom. The van der Waals surface area contributed by atoms with E-state index in [-0.39, 0.29) is 22.8 Å². The molecule has 0 saturated carbocycles. The Labute approximate surface area is 99.2 Å². The summed E-state index contributed by atoms with van der Waals surface area (Å²) in [5.41, 5.74) is 5.52. The van der Waals surface area contributed by atoms with Gasteiger partial charge in [-0.2, -0.15) is 0 Å². The number of anilines is 1. The molecule has 0 heterocycles. The van der Waals surface area contributed by atoms with E-state index in [4.69, 9.17) is 5.73 Å². The first-order valence-electron chi connectivity index (χ1n) is 5.35. The molecule has 0 aliphatic carbocycles. The fourth-order valence-electron chi connectivity index (χ4n) is 1.58. The Morgan fingerprint density at radius 1 is 1.41 bits per heavy atom. The van der Waals surface area contributed by atoms with Crippen molar-refractivity contribution in [3.05, 3.63) is 33.9 Å². The third-order valence-corrected chi connectivity index (χ3v) is 2.56. The van der Waals surface area contributed by atoms with Crippen LogP contribution in [-0.4, -0.2) is 28.8 Å². The molecular weight excluding hydrogens is 222 g/mol. The van der Waals surface area contributed by atoms with E-state index in [0.29, 0.717) is 13.1 Å². The predicted molar refractivity (Wildman–Crippen MR) is 64.8 cm³/mol. The molecule has 2 N–H and O–H groups in total. The number of nitrogen functional groups attached to an aromatic ring is 1. The maximum Gasteiger partial charge on any atom is 0.292 e. The van der Waals surface area contributed by atoms with Gasteiger partial charge in [0.2, 0.25) is 0 Å². The second-order valence-corrected chi connectivity index (χ2v) is 3.47. The Hall–Kier alpha value is -2.11. The van der Waals surface area contributed by atoms with Crippen LogP contribution in [0.25, 0.3) is 0 Å². The number of hydrogen-bond donors (Lipinski definition) is 1. The second-order valence-electron chi connectivity index (χ2n) is 3.47. The van der Waals surface area contributed by atoms with E-state index in [0.717, 1.165) is 0 Å². The van der Waals surface area contributed by atoms with Gasteiger partial charge in [-0.15, -0.1) is 0 Å². The number of hydrogen-bond acceptors (Lipinski definition) is 4. The molecular formula is C11H15N3O3. The smallest absolute Gasteiger partial charge is 0.292 e. The van der Waals surface area contributed by atoms with Crippen LogP contribution in [0.5, 0.6) is 0 Å². The lowest BCUT2D eigenvalue weighted by Crippen LogP contribution is -2.31. The van der Waals surface area contributed by atoms with E-state index < -0.39 is 4.92 Å². The quantitative estimate of drug-likeness (QED) is 0.490. The summed E-state index contributed by atoms with van der Waals surface area (Å²) >= 11 is 0. The maximum atomic E-state index is 12.0. The van der Waals surface area contributed by atoms with Crippen LogP contribution >= 0.6 is 0 Å². The Bertz CT molecular complexity index is 442. The minimum absolute atomic E-state index is 0.0746. The number of carbonyl (C=O) groups excluding carboxylic acids is 1. The first-order valence-corrected chi connectivity index (χ1v) is 5.35. The summed E-state index contributed by atoms with van der Waals surface area (Å²) in [6, 6.07) is 4.25. The molecule has 0 fully saturated rings. The molecule has 0 radical (unpaired) electrons. The Morgan fingerprint density at radius 3 is 2.47 bits per heavy atom. The third kappa shape index (κ3) is 2.52. The van der Waals surface area contributed by atoms with Gasteiger partial charge in [-0.3, -0.25) is 14.9 Å². The van der Waals surface area contributed by atoms with Gasteiger partial charge in [0.1, 0.15) is 5.69 Å². The van der Waals surface area contributed by atoms with Crippen molar-refractivity contribution in [2.75, 3.05) is 18.8 Å². The van der Waals surface area contributed by atoms with Crippen molar-refractivity contribution in [1.29, 1.82) is 0 Å². The van der Waals surface area contributed by atoms with Crippen molar-refractivity contribution < 1.29 is 9.72 Å². The summed E-state index contributed by atoms with van der Waals surface area (Å²) in [7, 11) is 0. The van der Waals surface area contributed by atoms with Crippen LogP contribution in [0.1, 0.15) is 24.2 Å². The molecule has 1 rings (SSSR count). The summed E-state index contributed by atoms with van der Waals surface area (Å²) in [6.07, 6.45) is 0. The molecule has 1 aromatic carbocycles. The van der Waals surface area contributed by atoms with Crippen molar-refractivity contribution in [3.8, 4) is 0 Å². The van der Waals surface area contributed by atoms with Crippen molar-refractivity contribution in [2.45, 2.75) is 13.8 Å². The molecule has 0 unspecified atom stereocenters. The lowest BCUT2D eigenvalue weighted by Gasteiger charge is -2.19. The number of nitrogens with zero attached hydrogens (tertiary/aromatic N) is 2. The highest BCUT2D eigenvalue weighted by molar-refractivity contribution is 6.00. The van der Waals surface area contributed by atoms with Crippen LogP contribution in [0.3, 0.4) is 0 Å². The van der Waals surface area contributed by atoms with Crippen LogP contribution in [-0.2, 0) is 0 Å². The van der Waals surface area contributed by atoms with Crippen LogP contribution in [0.2, 0.25) is 0 Å². The van der Waals surface area contributed by atoms with Gasteiger partial charge in [-0.1, -0.05) is 6.07 Å². The summed E-state index contributed by atoms with van der Waals surface area (Å²) in [5.74, 6) is -0.281. The average molecular weight is 237 g/mol. The maximum absolute atomic E-state index is 12.0. The Balaban J connectivity index is 3.19. The molecule has 1 amide bonds. The van der Waals surface area contributed by atoms with Gasteiger partial charge in [0.15, 0.2) is 0 Å². The molecule has 6 nitrogen and oxygen atoms in total. The summed E-state index contributed by atoms with van der Waals surface area (Å²) in [5, 5.41) is 10.7. The number of nitro groups is 1. The van der Waals surface area contributed by atoms with Crippen LogP contribution in [0.15, 0.2) is 18.2 Å². The molecule has 17 heavy (non-hydrogen) atoms. The normalized spacial score (nSPS) is 10.0. The first-order chi connectivity index (χ1) is 8.02. The zero-order valence-corrected chi connectivity index (χ0v) is 9.84. The minimum atomic E-state index is -0.589. The van der Waals surface area contributed by atoms with Gasteiger partial charge in [0, 0.05) is 19.2 Å². The molecule has 1 aromatic rings. The largest absolute Gasteiger partial charge is 0.393 e. The average Bonchev–Trinajstić information content (AvgIpc) is 2.30. The van der Waals surface area contributed by atoms with Gasteiger partial charge >= 0.3 is 0 Å². The van der Waals surface area contributed by atoms with Gasteiger partial charge < -0.3 is 10.6 Å². The van der Waals surface area contributed by atoms with Crippen molar-refractivity contribution in [3.63, 3.8) is 0 Å². The van der Waals surface area contributed by atoms with Crippen molar-refractivity contribution in [2.24, 2.45) is 0 Å². The van der Waals surface area contributed by atoms with E-state index in [1.807, 2.05) is 13.8 Å². The SMILES string of the molecule is CCN(CC)C(=O)c1cccc([N+](=O)[O-])c1N. The van der Waals surface area contributed by atoms with Crippen molar-refractivity contribution >= 4 is 17.3 Å². The van der Waals surface area contributed by atoms with E-state index >= 15 is 0 Å². The molecule has 0 atom stereocenters. The zero-order valence-electron chi connectivity index (χ0n) is 9.84. The van der Waals surface area contributed by atoms with E-state index in [1.54, 1.807) is 4.90 Å². The van der Waals surface area contributed by atoms with Crippen LogP contribution in [0, 0.1) is 10.1 Å². The highest BCUT2D eigenvalue weighted by Crippen LogP contribution is 2.25. The number of amides is 1. The summed E-state index contributed by atoms with van der Waals surface area (Å²) in [6.45, 7) is 4.76. The monoisotopic (exact) mass is 237 g/mol. The number of benzene rings is 1. The molecule has 0 spiro atoms. The van der Waals surface area contributed by atoms with Crippen LogP contribution in [0.4, 0.5) is 11.4 Å². The van der Waals surface area contributed by atoms with E-state index in [1.165, 1.54) is 18.2 Å². The molecule has 0 aromatic heterocycles. The predicted octanol–water partition coefficient (Wildman–Crippen LogP) is 1.66. The van der Waals surface area contributed by atoms with Gasteiger partial charge in [-0.25, -0.2) is 0 Å². The van der Waals surface area contributed by atoms with Crippen molar-refractivity contribution in [1.82, 2.24) is 4.90 Å². The first kappa shape index (κ1) is 13.0. The molecule has 0 saturated heterocycles. The fraction of sp³-hybridized carbons (Fsp3) is 0.364. The topological polar surface area (TPSA) is 89.5 Å². The summed E-state index contributed by atoms with van der Waals surface area (Å²) < 4.78 is 0. The van der Waals surface area contributed by atoms with Gasteiger partial charge in [0.05, 0.1) is 10.5 Å². The second kappa shape index (κ2) is 5.29. The molecule has 92 valence electrons. The minimum Gasteiger partial charge on any atom is -0.393 e. The molecule has 0 aliphatic heterocycles. The number of para-hydroxylation sites is 1. The fourth-order valence-corrected chi connectivity index (χ4v) is 1.58. The van der Waals surface area contributed by atoms with E-state index in [2.05, 4.69) is 0 Å². The van der Waals surface area contributed by atoms with Gasteiger partial charge in [-0.05, 0) is 19.9 Å². The number of nitrogens with two attached hydrogens (primary N) is 1. The number of carbonyl (C=O) groups is 1. The molecule has 0 aliphatic rings. The molecule has 6 heteroatoms.